The molecule has 0 saturated heterocycles. The number of aromatic amines is 1. The van der Waals surface area contributed by atoms with Gasteiger partial charge in [0.05, 0.1) is 5.52 Å². The van der Waals surface area contributed by atoms with Crippen molar-refractivity contribution in [3.05, 3.63) is 30.0 Å². The minimum absolute atomic E-state index is 0.339. The van der Waals surface area contributed by atoms with Crippen molar-refractivity contribution >= 4 is 32.8 Å². The smallest absolute Gasteiger partial charge is 0.359 e. The number of alkyl halides is 1. The van der Waals surface area contributed by atoms with Crippen LogP contribution in [0.4, 0.5) is 0 Å². The molecule has 1 aromatic heterocycles. The van der Waals surface area contributed by atoms with Crippen LogP contribution in [0.1, 0.15) is 10.5 Å². The van der Waals surface area contributed by atoms with Crippen LogP contribution in [0.2, 0.25) is 0 Å². The maximum absolute atomic E-state index is 11.6. The summed E-state index contributed by atoms with van der Waals surface area (Å²) in [6.45, 7) is 0.347. The highest BCUT2D eigenvalue weighted by Crippen LogP contribution is 2.15. The van der Waals surface area contributed by atoms with Gasteiger partial charge in [-0.2, -0.15) is 5.10 Å². The molecule has 0 aliphatic carbocycles. The van der Waals surface area contributed by atoms with Crippen LogP contribution in [0.15, 0.2) is 24.3 Å². The summed E-state index contributed by atoms with van der Waals surface area (Å²) in [5.74, 6) is -0.396. The van der Waals surface area contributed by atoms with Gasteiger partial charge in [0, 0.05) is 10.7 Å². The molecule has 0 unspecified atom stereocenters. The summed E-state index contributed by atoms with van der Waals surface area (Å²) in [6.07, 6.45) is 0. The number of halogens is 1. The second kappa shape index (κ2) is 4.44. The summed E-state index contributed by atoms with van der Waals surface area (Å²) < 4.78 is 4.98. The van der Waals surface area contributed by atoms with E-state index in [0.717, 1.165) is 10.9 Å². The van der Waals surface area contributed by atoms with Crippen LogP contribution >= 0.6 is 15.9 Å². The Labute approximate surface area is 94.7 Å². The summed E-state index contributed by atoms with van der Waals surface area (Å²) in [4.78, 5) is 11.6. The first kappa shape index (κ1) is 10.2. The van der Waals surface area contributed by atoms with Crippen molar-refractivity contribution in [2.45, 2.75) is 0 Å². The lowest BCUT2D eigenvalue weighted by atomic mass is 10.2. The first-order chi connectivity index (χ1) is 7.33. The van der Waals surface area contributed by atoms with Gasteiger partial charge in [-0.05, 0) is 6.07 Å². The highest BCUT2D eigenvalue weighted by atomic mass is 79.9. The van der Waals surface area contributed by atoms with Crippen LogP contribution in [0.5, 0.6) is 0 Å². The molecule has 0 aliphatic heterocycles. The average Bonchev–Trinajstić information content (AvgIpc) is 2.69. The lowest BCUT2D eigenvalue weighted by Crippen LogP contribution is -2.07. The number of benzene rings is 1. The number of aromatic nitrogens is 2. The van der Waals surface area contributed by atoms with Crippen LogP contribution in [0, 0.1) is 0 Å². The molecule has 78 valence electrons. The van der Waals surface area contributed by atoms with Crippen LogP contribution in [0.3, 0.4) is 0 Å². The van der Waals surface area contributed by atoms with Crippen molar-refractivity contribution < 1.29 is 9.53 Å². The Morgan fingerprint density at radius 3 is 3.07 bits per heavy atom. The molecule has 2 aromatic rings. The number of nitrogens with one attached hydrogen (secondary N) is 1. The number of ether oxygens (including phenoxy) is 1. The van der Waals surface area contributed by atoms with Gasteiger partial charge >= 0.3 is 5.97 Å². The predicted molar refractivity (Wildman–Crippen MR) is 60.2 cm³/mol. The van der Waals surface area contributed by atoms with Gasteiger partial charge in [-0.1, -0.05) is 34.1 Å². The molecule has 0 spiro atoms. The molecule has 2 rings (SSSR count). The van der Waals surface area contributed by atoms with Crippen molar-refractivity contribution in [1.29, 1.82) is 0 Å². The van der Waals surface area contributed by atoms with Gasteiger partial charge in [0.25, 0.3) is 0 Å². The second-order valence-electron chi connectivity index (χ2n) is 2.94. The zero-order valence-electron chi connectivity index (χ0n) is 7.87. The maximum atomic E-state index is 11.6. The van der Waals surface area contributed by atoms with Gasteiger partial charge < -0.3 is 4.74 Å². The summed E-state index contributed by atoms with van der Waals surface area (Å²) >= 11 is 3.19. The van der Waals surface area contributed by atoms with E-state index in [9.17, 15) is 4.79 Å². The van der Waals surface area contributed by atoms with E-state index in [2.05, 4.69) is 26.1 Å². The number of nitrogens with zero attached hydrogens (tertiary/aromatic N) is 1. The molecule has 15 heavy (non-hydrogen) atoms. The topological polar surface area (TPSA) is 55.0 Å². The molecule has 5 heteroatoms. The Bertz CT molecular complexity index is 481. The van der Waals surface area contributed by atoms with Gasteiger partial charge in [-0.3, -0.25) is 5.10 Å². The predicted octanol–water partition coefficient (Wildman–Crippen LogP) is 2.11. The monoisotopic (exact) mass is 268 g/mol. The molecular formula is C10H9BrN2O2. The molecule has 1 aromatic carbocycles. The van der Waals surface area contributed by atoms with E-state index in [-0.39, 0.29) is 0 Å². The summed E-state index contributed by atoms with van der Waals surface area (Å²) in [7, 11) is 0. The molecule has 4 nitrogen and oxygen atoms in total. The van der Waals surface area contributed by atoms with E-state index in [1.165, 1.54) is 0 Å². The number of hydrogen-bond acceptors (Lipinski definition) is 3. The number of hydrogen-bond donors (Lipinski definition) is 1. The fourth-order valence-electron chi connectivity index (χ4n) is 1.32. The van der Waals surface area contributed by atoms with Crippen molar-refractivity contribution in [3.63, 3.8) is 0 Å². The van der Waals surface area contributed by atoms with E-state index >= 15 is 0 Å². The summed E-state index contributed by atoms with van der Waals surface area (Å²) in [5.41, 5.74) is 1.18. The maximum Gasteiger partial charge on any atom is 0.359 e. The molecule has 0 atom stereocenters. The zero-order valence-corrected chi connectivity index (χ0v) is 9.45. The highest BCUT2D eigenvalue weighted by molar-refractivity contribution is 9.09. The molecule has 0 radical (unpaired) electrons. The van der Waals surface area contributed by atoms with Crippen LogP contribution in [-0.2, 0) is 4.74 Å². The third kappa shape index (κ3) is 2.02. The molecule has 0 aliphatic rings. The number of para-hydroxylation sites is 1. The molecule has 0 amide bonds. The van der Waals surface area contributed by atoms with Gasteiger partial charge in [-0.15, -0.1) is 0 Å². The van der Waals surface area contributed by atoms with Crippen LogP contribution in [-0.4, -0.2) is 28.1 Å². The molecule has 0 bridgehead atoms. The Hall–Kier alpha value is -1.36. The van der Waals surface area contributed by atoms with E-state index in [0.29, 0.717) is 17.6 Å². The van der Waals surface area contributed by atoms with Gasteiger partial charge in [-0.25, -0.2) is 4.79 Å². The quantitative estimate of drug-likeness (QED) is 0.685. The van der Waals surface area contributed by atoms with Crippen LogP contribution in [0.25, 0.3) is 10.9 Å². The number of carbonyl (C=O) groups excluding carboxylic acids is 1. The number of carbonyl (C=O) groups is 1. The summed E-state index contributed by atoms with van der Waals surface area (Å²) in [5, 5.41) is 8.13. The average molecular weight is 269 g/mol. The zero-order chi connectivity index (χ0) is 10.7. The van der Waals surface area contributed by atoms with E-state index < -0.39 is 5.97 Å². The molecule has 0 fully saturated rings. The summed E-state index contributed by atoms with van der Waals surface area (Å²) in [6, 6.07) is 7.44. The third-order valence-electron chi connectivity index (χ3n) is 1.97. The van der Waals surface area contributed by atoms with E-state index in [1.807, 2.05) is 24.3 Å². The molecular weight excluding hydrogens is 260 g/mol. The minimum Gasteiger partial charge on any atom is -0.460 e. The van der Waals surface area contributed by atoms with Gasteiger partial charge in [0.1, 0.15) is 6.61 Å². The van der Waals surface area contributed by atoms with Crippen molar-refractivity contribution in [2.75, 3.05) is 11.9 Å². The number of rotatable bonds is 3. The normalized spacial score (nSPS) is 10.5. The van der Waals surface area contributed by atoms with Gasteiger partial charge in [0.15, 0.2) is 5.69 Å². The number of fused-ring (bicyclic) bond motifs is 1. The number of H-pyrrole nitrogens is 1. The Kier molecular flexibility index (Phi) is 3.01. The molecule has 0 saturated carbocycles. The number of esters is 1. The Morgan fingerprint density at radius 2 is 2.27 bits per heavy atom. The van der Waals surface area contributed by atoms with Gasteiger partial charge in [0.2, 0.25) is 0 Å². The molecule has 1 N–H and O–H groups in total. The van der Waals surface area contributed by atoms with Crippen molar-refractivity contribution in [3.8, 4) is 0 Å². The van der Waals surface area contributed by atoms with E-state index in [1.54, 1.807) is 0 Å². The molecule has 1 heterocycles. The Balaban J connectivity index is 2.31. The largest absolute Gasteiger partial charge is 0.460 e. The first-order valence-corrected chi connectivity index (χ1v) is 5.61. The lowest BCUT2D eigenvalue weighted by molar-refractivity contribution is 0.0526. The van der Waals surface area contributed by atoms with Crippen molar-refractivity contribution in [1.82, 2.24) is 10.2 Å². The minimum atomic E-state index is -0.396. The van der Waals surface area contributed by atoms with Crippen molar-refractivity contribution in [2.24, 2.45) is 0 Å². The first-order valence-electron chi connectivity index (χ1n) is 4.49. The standard InChI is InChI=1S/C10H9BrN2O2/c11-5-6-15-10(14)9-7-3-1-2-4-8(7)12-13-9/h1-4H,5-6H2,(H,12,13). The fraction of sp³-hybridized carbons (Fsp3) is 0.200. The SMILES string of the molecule is O=C(OCCBr)c1n[nH]c2ccccc12. The van der Waals surface area contributed by atoms with E-state index in [4.69, 9.17) is 4.74 Å². The Morgan fingerprint density at radius 1 is 1.47 bits per heavy atom. The fourth-order valence-corrected chi connectivity index (χ4v) is 1.48. The lowest BCUT2D eigenvalue weighted by Gasteiger charge is -1.98. The van der Waals surface area contributed by atoms with Crippen LogP contribution < -0.4 is 0 Å². The highest BCUT2D eigenvalue weighted by Gasteiger charge is 2.14. The second-order valence-corrected chi connectivity index (χ2v) is 3.74. The third-order valence-corrected chi connectivity index (χ3v) is 2.30.